The van der Waals surface area contributed by atoms with Crippen LogP contribution in [0.3, 0.4) is 0 Å². The van der Waals surface area contributed by atoms with E-state index >= 15 is 0 Å². The molecule has 1 unspecified atom stereocenters. The lowest BCUT2D eigenvalue weighted by molar-refractivity contribution is 0.273. The zero-order valence-corrected chi connectivity index (χ0v) is 9.10. The molecule has 0 saturated heterocycles. The van der Waals surface area contributed by atoms with Gasteiger partial charge in [0, 0.05) is 0 Å². The lowest BCUT2D eigenvalue weighted by Gasteiger charge is -2.25. The highest BCUT2D eigenvalue weighted by Gasteiger charge is 2.29. The Morgan fingerprint density at radius 1 is 1.15 bits per heavy atom. The zero-order chi connectivity index (χ0) is 9.10. The summed E-state index contributed by atoms with van der Waals surface area (Å²) in [6.07, 6.45) is 13.7. The SMILES string of the molecule is CCC(CCCC1CCC1)C1CC1. The average Bonchev–Trinajstić information content (AvgIpc) is 2.84. The molecule has 0 amide bonds. The van der Waals surface area contributed by atoms with E-state index in [0.29, 0.717) is 0 Å². The van der Waals surface area contributed by atoms with Crippen LogP contribution in [-0.2, 0) is 0 Å². The van der Waals surface area contributed by atoms with Crippen LogP contribution in [0.4, 0.5) is 0 Å². The quantitative estimate of drug-likeness (QED) is 0.568. The molecule has 0 N–H and O–H groups in total. The first kappa shape index (κ1) is 9.55. The molecule has 0 heteroatoms. The molecule has 0 aliphatic heterocycles. The molecule has 1 atom stereocenters. The fourth-order valence-corrected chi connectivity index (χ4v) is 2.79. The lowest BCUT2D eigenvalue weighted by Crippen LogP contribution is -2.11. The number of rotatable bonds is 6. The molecule has 0 spiro atoms. The smallest absolute Gasteiger partial charge is 0.0386 e. The van der Waals surface area contributed by atoms with Gasteiger partial charge < -0.3 is 0 Å². The van der Waals surface area contributed by atoms with Gasteiger partial charge in [-0.05, 0) is 30.6 Å². The van der Waals surface area contributed by atoms with E-state index in [1.807, 2.05) is 0 Å². The average molecular weight is 180 g/mol. The van der Waals surface area contributed by atoms with E-state index in [0.717, 1.165) is 17.8 Å². The molecule has 76 valence electrons. The van der Waals surface area contributed by atoms with E-state index in [1.165, 1.54) is 25.7 Å². The minimum absolute atomic E-state index is 1.10. The monoisotopic (exact) mass is 180 g/mol. The highest BCUT2D eigenvalue weighted by molar-refractivity contribution is 4.81. The Morgan fingerprint density at radius 2 is 1.92 bits per heavy atom. The Morgan fingerprint density at radius 3 is 2.38 bits per heavy atom. The van der Waals surface area contributed by atoms with Gasteiger partial charge in [-0.2, -0.15) is 0 Å². The van der Waals surface area contributed by atoms with E-state index < -0.39 is 0 Å². The van der Waals surface area contributed by atoms with Crippen molar-refractivity contribution in [3.8, 4) is 0 Å². The van der Waals surface area contributed by atoms with Gasteiger partial charge in [-0.1, -0.05) is 51.9 Å². The van der Waals surface area contributed by atoms with Crippen LogP contribution in [0.25, 0.3) is 0 Å². The molecular weight excluding hydrogens is 156 g/mol. The molecule has 2 fully saturated rings. The van der Waals surface area contributed by atoms with E-state index in [9.17, 15) is 0 Å². The van der Waals surface area contributed by atoms with Gasteiger partial charge in [0.1, 0.15) is 0 Å². The molecule has 0 heterocycles. The number of hydrogen-bond acceptors (Lipinski definition) is 0. The predicted octanol–water partition coefficient (Wildman–Crippen LogP) is 4.39. The minimum Gasteiger partial charge on any atom is -0.0651 e. The van der Waals surface area contributed by atoms with Crippen molar-refractivity contribution in [3.05, 3.63) is 0 Å². The van der Waals surface area contributed by atoms with Crippen molar-refractivity contribution in [3.63, 3.8) is 0 Å². The third-order valence-electron chi connectivity index (χ3n) is 4.23. The van der Waals surface area contributed by atoms with Crippen molar-refractivity contribution in [2.75, 3.05) is 0 Å². The van der Waals surface area contributed by atoms with Crippen LogP contribution < -0.4 is 0 Å². The van der Waals surface area contributed by atoms with Gasteiger partial charge in [0.2, 0.25) is 0 Å². The van der Waals surface area contributed by atoms with Crippen molar-refractivity contribution < 1.29 is 0 Å². The van der Waals surface area contributed by atoms with Crippen LogP contribution in [0.1, 0.15) is 64.7 Å². The molecule has 2 saturated carbocycles. The van der Waals surface area contributed by atoms with Crippen molar-refractivity contribution in [2.45, 2.75) is 64.7 Å². The number of hydrogen-bond donors (Lipinski definition) is 0. The first-order valence-corrected chi connectivity index (χ1v) is 6.40. The summed E-state index contributed by atoms with van der Waals surface area (Å²) >= 11 is 0. The second-order valence-corrected chi connectivity index (χ2v) is 5.23. The summed E-state index contributed by atoms with van der Waals surface area (Å²) in [7, 11) is 0. The highest BCUT2D eigenvalue weighted by atomic mass is 14.3. The van der Waals surface area contributed by atoms with Gasteiger partial charge in [-0.25, -0.2) is 0 Å². The minimum atomic E-state index is 1.10. The molecule has 0 aromatic rings. The van der Waals surface area contributed by atoms with Crippen molar-refractivity contribution in [1.82, 2.24) is 0 Å². The van der Waals surface area contributed by atoms with E-state index in [4.69, 9.17) is 0 Å². The summed E-state index contributed by atoms with van der Waals surface area (Å²) in [6.45, 7) is 2.38. The Balaban J connectivity index is 1.54. The Labute approximate surface area is 83.1 Å². The molecule has 2 aliphatic rings. The van der Waals surface area contributed by atoms with Crippen LogP contribution in [0.15, 0.2) is 0 Å². The van der Waals surface area contributed by atoms with Crippen LogP contribution in [0, 0.1) is 17.8 Å². The molecule has 0 nitrogen and oxygen atoms in total. The standard InChI is InChI=1S/C13H24/c1-2-12(13-9-10-13)8-4-7-11-5-3-6-11/h11-13H,2-10H2,1H3. The maximum atomic E-state index is 2.38. The Kier molecular flexibility index (Phi) is 3.29. The fourth-order valence-electron chi connectivity index (χ4n) is 2.79. The maximum Gasteiger partial charge on any atom is -0.0386 e. The predicted molar refractivity (Wildman–Crippen MR) is 57.7 cm³/mol. The van der Waals surface area contributed by atoms with Crippen LogP contribution >= 0.6 is 0 Å². The van der Waals surface area contributed by atoms with Crippen molar-refractivity contribution in [2.24, 2.45) is 17.8 Å². The summed E-state index contributed by atoms with van der Waals surface area (Å²) in [5.41, 5.74) is 0. The zero-order valence-electron chi connectivity index (χ0n) is 9.10. The highest BCUT2D eigenvalue weighted by Crippen LogP contribution is 2.41. The molecule has 0 aromatic heterocycles. The first-order chi connectivity index (χ1) is 6.40. The maximum absolute atomic E-state index is 2.38. The largest absolute Gasteiger partial charge is 0.0651 e. The molecule has 2 rings (SSSR count). The normalized spacial score (nSPS) is 25.6. The van der Waals surface area contributed by atoms with Gasteiger partial charge in [0.15, 0.2) is 0 Å². The van der Waals surface area contributed by atoms with Gasteiger partial charge >= 0.3 is 0 Å². The third kappa shape index (κ3) is 2.72. The molecular formula is C13H24. The van der Waals surface area contributed by atoms with Crippen LogP contribution in [0.5, 0.6) is 0 Å². The Bertz CT molecular complexity index is 142. The van der Waals surface area contributed by atoms with Crippen LogP contribution in [0.2, 0.25) is 0 Å². The van der Waals surface area contributed by atoms with Gasteiger partial charge in [-0.3, -0.25) is 0 Å². The van der Waals surface area contributed by atoms with E-state index in [1.54, 1.807) is 32.1 Å². The van der Waals surface area contributed by atoms with Gasteiger partial charge in [0.05, 0.1) is 0 Å². The second-order valence-electron chi connectivity index (χ2n) is 5.23. The molecule has 0 radical (unpaired) electrons. The second kappa shape index (κ2) is 4.48. The summed E-state index contributed by atoms with van der Waals surface area (Å²) in [5, 5.41) is 0. The molecule has 0 bridgehead atoms. The summed E-state index contributed by atoms with van der Waals surface area (Å²) in [5.74, 6) is 3.38. The third-order valence-corrected chi connectivity index (χ3v) is 4.23. The first-order valence-electron chi connectivity index (χ1n) is 6.40. The van der Waals surface area contributed by atoms with E-state index in [2.05, 4.69) is 6.92 Å². The van der Waals surface area contributed by atoms with Crippen LogP contribution in [-0.4, -0.2) is 0 Å². The molecule has 0 aromatic carbocycles. The topological polar surface area (TPSA) is 0 Å². The summed E-state index contributed by atoms with van der Waals surface area (Å²) in [4.78, 5) is 0. The molecule has 2 aliphatic carbocycles. The van der Waals surface area contributed by atoms with Crippen molar-refractivity contribution >= 4 is 0 Å². The van der Waals surface area contributed by atoms with Gasteiger partial charge in [0.25, 0.3) is 0 Å². The van der Waals surface area contributed by atoms with E-state index in [-0.39, 0.29) is 0 Å². The Hall–Kier alpha value is 0. The molecule has 13 heavy (non-hydrogen) atoms. The summed E-state index contributed by atoms with van der Waals surface area (Å²) in [6, 6.07) is 0. The fraction of sp³-hybridized carbons (Fsp3) is 1.00. The van der Waals surface area contributed by atoms with Crippen molar-refractivity contribution in [1.29, 1.82) is 0 Å². The summed E-state index contributed by atoms with van der Waals surface area (Å²) < 4.78 is 0. The van der Waals surface area contributed by atoms with Gasteiger partial charge in [-0.15, -0.1) is 0 Å². The lowest BCUT2D eigenvalue weighted by atomic mass is 9.80.